The zero-order valence-corrected chi connectivity index (χ0v) is 34.0. The minimum absolute atomic E-state index is 0.0653. The molecule has 0 radical (unpaired) electrons. The first-order valence-electron chi connectivity index (χ1n) is 20.9. The SMILES string of the molecule is Cc1cc(C)c(-c2cc3cc(Nc4cc5n(n4)CC(=O)N(C4CCN(CC6CN(c7ccc8c(c7)C(=O)N(C7CCC(=O)NC7=O)C8=O)C6)CC4)CC5)ncc3cc2F)cn1. The third kappa shape index (κ3) is 7.17. The molecule has 8 heterocycles. The molecule has 0 aliphatic carbocycles. The zero-order valence-electron chi connectivity index (χ0n) is 34.0. The molecule has 2 aromatic carbocycles. The molecule has 3 saturated heterocycles. The maximum Gasteiger partial charge on any atom is 0.262 e. The van der Waals surface area contributed by atoms with Crippen molar-refractivity contribution in [2.45, 2.75) is 64.6 Å². The van der Waals surface area contributed by atoms with Gasteiger partial charge in [-0.25, -0.2) is 9.37 Å². The van der Waals surface area contributed by atoms with Crippen LogP contribution in [0.1, 0.15) is 63.4 Å². The lowest BCUT2D eigenvalue weighted by Gasteiger charge is -2.45. The van der Waals surface area contributed by atoms with E-state index >= 15 is 4.39 Å². The highest BCUT2D eigenvalue weighted by molar-refractivity contribution is 6.23. The Bertz CT molecular complexity index is 2670. The van der Waals surface area contributed by atoms with Gasteiger partial charge in [-0.15, -0.1) is 0 Å². The van der Waals surface area contributed by atoms with Crippen LogP contribution in [0.3, 0.4) is 0 Å². The number of benzene rings is 2. The summed E-state index contributed by atoms with van der Waals surface area (Å²) in [5.41, 5.74) is 5.48. The van der Waals surface area contributed by atoms with E-state index in [4.69, 9.17) is 5.10 Å². The molecule has 0 saturated carbocycles. The fourth-order valence-corrected chi connectivity index (χ4v) is 9.70. The van der Waals surface area contributed by atoms with Gasteiger partial charge in [0.25, 0.3) is 11.8 Å². The van der Waals surface area contributed by atoms with Crippen molar-refractivity contribution in [2.75, 3.05) is 49.5 Å². The van der Waals surface area contributed by atoms with E-state index in [0.717, 1.165) is 84.1 Å². The molecule has 61 heavy (non-hydrogen) atoms. The van der Waals surface area contributed by atoms with Crippen molar-refractivity contribution < 1.29 is 28.4 Å². The Kier molecular flexibility index (Phi) is 9.61. The number of aromatic nitrogens is 4. The lowest BCUT2D eigenvalue weighted by molar-refractivity contribution is -0.136. The molecule has 5 amide bonds. The smallest absolute Gasteiger partial charge is 0.262 e. The molecule has 3 fully saturated rings. The average molecular weight is 825 g/mol. The topological polar surface area (TPSA) is 166 Å². The number of pyridine rings is 2. The molecular weight excluding hydrogens is 780 g/mol. The summed E-state index contributed by atoms with van der Waals surface area (Å²) in [5, 5.41) is 11.8. The van der Waals surface area contributed by atoms with Gasteiger partial charge in [0.1, 0.15) is 24.2 Å². The monoisotopic (exact) mass is 824 g/mol. The Hall–Kier alpha value is -6.55. The first kappa shape index (κ1) is 38.6. The molecular formula is C45H45FN10O5. The van der Waals surface area contributed by atoms with E-state index in [-0.39, 0.29) is 42.7 Å². The Morgan fingerprint density at radius 3 is 2.38 bits per heavy atom. The number of carbonyl (C=O) groups is 5. The molecule has 5 aromatic rings. The van der Waals surface area contributed by atoms with Crippen molar-refractivity contribution in [1.82, 2.24) is 39.8 Å². The Balaban J connectivity index is 0.709. The summed E-state index contributed by atoms with van der Waals surface area (Å²) >= 11 is 0. The molecule has 1 unspecified atom stereocenters. The van der Waals surface area contributed by atoms with Crippen LogP contribution < -0.4 is 15.5 Å². The van der Waals surface area contributed by atoms with E-state index in [2.05, 4.69) is 30.4 Å². The summed E-state index contributed by atoms with van der Waals surface area (Å²) in [5.74, 6) is -0.652. The van der Waals surface area contributed by atoms with E-state index in [9.17, 15) is 24.0 Å². The van der Waals surface area contributed by atoms with Crippen molar-refractivity contribution in [2.24, 2.45) is 5.92 Å². The Morgan fingerprint density at radius 1 is 0.787 bits per heavy atom. The normalized spacial score (nSPS) is 20.2. The number of hydrogen-bond acceptors (Lipinski definition) is 11. The lowest BCUT2D eigenvalue weighted by Crippen LogP contribution is -2.54. The fourth-order valence-electron chi connectivity index (χ4n) is 9.70. The van der Waals surface area contributed by atoms with Crippen LogP contribution in [0.2, 0.25) is 0 Å². The van der Waals surface area contributed by atoms with E-state index in [1.54, 1.807) is 29.2 Å². The van der Waals surface area contributed by atoms with Gasteiger partial charge in [0, 0.05) is 116 Å². The second kappa shape index (κ2) is 15.2. The third-order valence-corrected chi connectivity index (χ3v) is 12.9. The van der Waals surface area contributed by atoms with Crippen molar-refractivity contribution in [1.29, 1.82) is 0 Å². The van der Waals surface area contributed by atoms with Gasteiger partial charge in [-0.2, -0.15) is 5.10 Å². The molecule has 5 aliphatic heterocycles. The number of hydrogen-bond donors (Lipinski definition) is 2. The number of piperidine rings is 2. The summed E-state index contributed by atoms with van der Waals surface area (Å²) < 4.78 is 17.0. The van der Waals surface area contributed by atoms with Crippen LogP contribution in [0.15, 0.2) is 60.9 Å². The molecule has 10 rings (SSSR count). The standard InChI is InChI=1S/C45H45FN10O5/c1-25-13-26(2)47-20-36(25)34-14-28-16-39(48-19-29(28)15-37(34)46)49-40-18-32-9-12-54(42(58)24-55(32)51-40)30-7-10-52(11-8-30)21-27-22-53(23-27)31-3-4-33-35(17-31)45(61)56(44(33)60)38-5-6-41(57)50-43(38)59/h3-4,13-20,27,30,38H,5-12,21-24H2,1-2H3,(H,48,49,51)(H,50,57,59). The predicted octanol–water partition coefficient (Wildman–Crippen LogP) is 4.38. The van der Waals surface area contributed by atoms with Crippen LogP contribution in [-0.4, -0.2) is 115 Å². The van der Waals surface area contributed by atoms with E-state index < -0.39 is 29.7 Å². The molecule has 0 spiro atoms. The highest BCUT2D eigenvalue weighted by Crippen LogP contribution is 2.35. The molecule has 0 bridgehead atoms. The number of rotatable bonds is 8. The maximum absolute atomic E-state index is 15.2. The van der Waals surface area contributed by atoms with E-state index in [1.165, 1.54) is 6.07 Å². The lowest BCUT2D eigenvalue weighted by atomic mass is 9.95. The summed E-state index contributed by atoms with van der Waals surface area (Å²) in [6, 6.07) is 13.6. The molecule has 3 aromatic heterocycles. The first-order valence-corrected chi connectivity index (χ1v) is 20.9. The number of imide groups is 2. The summed E-state index contributed by atoms with van der Waals surface area (Å²) in [6.45, 7) is 9.08. The second-order valence-electron chi connectivity index (χ2n) is 17.0. The number of fused-ring (bicyclic) bond motifs is 3. The molecule has 5 aliphatic rings. The number of carbonyl (C=O) groups excluding carboxylic acids is 5. The number of halogens is 1. The minimum atomic E-state index is -0.983. The summed E-state index contributed by atoms with van der Waals surface area (Å²) in [4.78, 5) is 80.7. The minimum Gasteiger partial charge on any atom is -0.371 e. The van der Waals surface area contributed by atoms with Crippen LogP contribution in [0, 0.1) is 25.6 Å². The van der Waals surface area contributed by atoms with Gasteiger partial charge in [0.2, 0.25) is 17.7 Å². The highest BCUT2D eigenvalue weighted by Gasteiger charge is 2.45. The Labute approximate surface area is 350 Å². The van der Waals surface area contributed by atoms with Crippen molar-refractivity contribution in [3.05, 3.63) is 94.8 Å². The van der Waals surface area contributed by atoms with Gasteiger partial charge in [-0.1, -0.05) is 0 Å². The van der Waals surface area contributed by atoms with Gasteiger partial charge < -0.3 is 20.0 Å². The van der Waals surface area contributed by atoms with Crippen LogP contribution in [-0.2, 0) is 27.3 Å². The van der Waals surface area contributed by atoms with Crippen LogP contribution in [0.25, 0.3) is 21.9 Å². The maximum atomic E-state index is 15.2. The summed E-state index contributed by atoms with van der Waals surface area (Å²) in [7, 11) is 0. The second-order valence-corrected chi connectivity index (χ2v) is 17.0. The van der Waals surface area contributed by atoms with Crippen LogP contribution in [0.4, 0.5) is 21.7 Å². The average Bonchev–Trinajstić information content (AvgIpc) is 3.65. The molecule has 15 nitrogen and oxygen atoms in total. The number of aryl methyl sites for hydroxylation is 2. The van der Waals surface area contributed by atoms with Crippen LogP contribution in [0.5, 0.6) is 0 Å². The van der Waals surface area contributed by atoms with Gasteiger partial charge in [-0.3, -0.25) is 43.9 Å². The third-order valence-electron chi connectivity index (χ3n) is 12.9. The van der Waals surface area contributed by atoms with Crippen LogP contribution >= 0.6 is 0 Å². The number of nitrogens with one attached hydrogen (secondary N) is 2. The number of amides is 5. The quantitative estimate of drug-likeness (QED) is 0.214. The number of nitrogens with zero attached hydrogens (tertiary/aromatic N) is 8. The van der Waals surface area contributed by atoms with Crippen molar-refractivity contribution in [3.63, 3.8) is 0 Å². The largest absolute Gasteiger partial charge is 0.371 e. The van der Waals surface area contributed by atoms with Gasteiger partial charge in [0.15, 0.2) is 5.82 Å². The van der Waals surface area contributed by atoms with Gasteiger partial charge in [-0.05, 0) is 86.5 Å². The molecule has 312 valence electrons. The van der Waals surface area contributed by atoms with Gasteiger partial charge in [0.05, 0.1) is 11.1 Å². The Morgan fingerprint density at radius 2 is 1.59 bits per heavy atom. The molecule has 2 N–H and O–H groups in total. The predicted molar refractivity (Wildman–Crippen MR) is 224 cm³/mol. The van der Waals surface area contributed by atoms with Gasteiger partial charge >= 0.3 is 0 Å². The number of anilines is 3. The zero-order chi connectivity index (χ0) is 42.1. The fraction of sp³-hybridized carbons (Fsp3) is 0.378. The first-order chi connectivity index (χ1) is 29.4. The highest BCUT2D eigenvalue weighted by atomic mass is 19.1. The van der Waals surface area contributed by atoms with Crippen molar-refractivity contribution >= 4 is 57.6 Å². The number of likely N-dealkylation sites (tertiary alicyclic amines) is 1. The molecule has 16 heteroatoms. The molecule has 1 atom stereocenters. The van der Waals surface area contributed by atoms with E-state index in [1.807, 2.05) is 49.1 Å². The summed E-state index contributed by atoms with van der Waals surface area (Å²) in [6.07, 6.45) is 6.06. The van der Waals surface area contributed by atoms with E-state index in [0.29, 0.717) is 47.0 Å². The van der Waals surface area contributed by atoms with Crippen molar-refractivity contribution in [3.8, 4) is 11.1 Å².